The van der Waals surface area contributed by atoms with Gasteiger partial charge in [0.2, 0.25) is 0 Å². The number of carboxylic acid groups (broad SMARTS) is 1. The molecule has 0 radical (unpaired) electrons. The molecule has 1 aliphatic rings. The first kappa shape index (κ1) is 13.8. The molecule has 1 N–H and O–H groups in total. The molecule has 0 spiro atoms. The number of rotatable bonds is 5. The van der Waals surface area contributed by atoms with Crippen LogP contribution in [0.15, 0.2) is 12.1 Å². The van der Waals surface area contributed by atoms with Crippen molar-refractivity contribution in [3.63, 3.8) is 0 Å². The molecule has 1 aromatic rings. The molecule has 0 aliphatic heterocycles. The molecule has 1 fully saturated rings. The molecule has 3 nitrogen and oxygen atoms in total. The van der Waals surface area contributed by atoms with Gasteiger partial charge < -0.3 is 10.0 Å². The summed E-state index contributed by atoms with van der Waals surface area (Å²) in [7, 11) is 0. The fraction of sp³-hybridized carbons (Fsp3) is 0.500. The number of carboxylic acids is 1. The number of nitrogens with zero attached hydrogens (tertiary/aromatic N) is 1. The molecule has 104 valence electrons. The summed E-state index contributed by atoms with van der Waals surface area (Å²) in [5.41, 5.74) is -0.485. The number of carbonyl (C=O) groups is 1. The van der Waals surface area contributed by atoms with Crippen LogP contribution in [0.1, 0.15) is 37.0 Å². The van der Waals surface area contributed by atoms with E-state index in [2.05, 4.69) is 0 Å². The van der Waals surface area contributed by atoms with Gasteiger partial charge in [-0.15, -0.1) is 0 Å². The molecule has 5 heteroatoms. The number of halogens is 2. The molecule has 1 saturated carbocycles. The summed E-state index contributed by atoms with van der Waals surface area (Å²) in [4.78, 5) is 12.4. The third-order valence-corrected chi connectivity index (χ3v) is 3.33. The van der Waals surface area contributed by atoms with E-state index >= 15 is 0 Å². The Bertz CT molecular complexity index is 475. The van der Waals surface area contributed by atoms with Gasteiger partial charge in [-0.3, -0.25) is 0 Å². The standard InChI is InChI=1S/C14H17F2NO2/c1-8(2)17(7-9-3-4-9)13-11(15)5-10(14(18)19)6-12(13)16/h5-6,8-9H,3-4,7H2,1-2H3,(H,18,19). The van der Waals surface area contributed by atoms with Gasteiger partial charge in [-0.1, -0.05) is 0 Å². The lowest BCUT2D eigenvalue weighted by atomic mass is 10.1. The first-order valence-corrected chi connectivity index (χ1v) is 6.39. The topological polar surface area (TPSA) is 40.5 Å². The van der Waals surface area contributed by atoms with E-state index in [9.17, 15) is 13.6 Å². The molecule has 0 unspecified atom stereocenters. The summed E-state index contributed by atoms with van der Waals surface area (Å²) < 4.78 is 28.0. The largest absolute Gasteiger partial charge is 0.478 e. The van der Waals surface area contributed by atoms with Gasteiger partial charge in [0.25, 0.3) is 0 Å². The Balaban J connectivity index is 2.38. The molecule has 0 saturated heterocycles. The number of anilines is 1. The maximum atomic E-state index is 14.0. The Morgan fingerprint density at radius 2 is 1.89 bits per heavy atom. The zero-order chi connectivity index (χ0) is 14.2. The van der Waals surface area contributed by atoms with Crippen molar-refractivity contribution in [3.8, 4) is 0 Å². The molecule has 0 atom stereocenters. The Morgan fingerprint density at radius 3 is 2.26 bits per heavy atom. The van der Waals surface area contributed by atoms with Crippen LogP contribution in [0.5, 0.6) is 0 Å². The minimum Gasteiger partial charge on any atom is -0.478 e. The second kappa shape index (κ2) is 5.15. The summed E-state index contributed by atoms with van der Waals surface area (Å²) in [5, 5.41) is 8.78. The number of hydrogen-bond donors (Lipinski definition) is 1. The molecule has 1 aromatic carbocycles. The van der Waals surface area contributed by atoms with Crippen molar-refractivity contribution >= 4 is 11.7 Å². The van der Waals surface area contributed by atoms with Gasteiger partial charge in [0, 0.05) is 12.6 Å². The van der Waals surface area contributed by atoms with Gasteiger partial charge in [0.1, 0.15) is 17.3 Å². The molecule has 0 aromatic heterocycles. The van der Waals surface area contributed by atoms with E-state index in [1.807, 2.05) is 13.8 Å². The first-order valence-electron chi connectivity index (χ1n) is 6.39. The fourth-order valence-electron chi connectivity index (χ4n) is 2.10. The van der Waals surface area contributed by atoms with Crippen LogP contribution in [-0.4, -0.2) is 23.7 Å². The molecule has 2 rings (SSSR count). The number of benzene rings is 1. The second-order valence-electron chi connectivity index (χ2n) is 5.28. The van der Waals surface area contributed by atoms with Crippen LogP contribution in [0.25, 0.3) is 0 Å². The lowest BCUT2D eigenvalue weighted by molar-refractivity contribution is 0.0696. The van der Waals surface area contributed by atoms with Crippen LogP contribution in [0.2, 0.25) is 0 Å². The van der Waals surface area contributed by atoms with E-state index in [1.54, 1.807) is 4.90 Å². The predicted molar refractivity (Wildman–Crippen MR) is 68.5 cm³/mol. The minimum absolute atomic E-state index is 0.0414. The lowest BCUT2D eigenvalue weighted by Gasteiger charge is -2.29. The van der Waals surface area contributed by atoms with Crippen molar-refractivity contribution in [1.82, 2.24) is 0 Å². The highest BCUT2D eigenvalue weighted by atomic mass is 19.1. The van der Waals surface area contributed by atoms with Crippen molar-refractivity contribution in [2.45, 2.75) is 32.7 Å². The van der Waals surface area contributed by atoms with E-state index in [0.29, 0.717) is 12.5 Å². The normalized spacial score (nSPS) is 14.8. The molecule has 0 heterocycles. The van der Waals surface area contributed by atoms with Crippen molar-refractivity contribution in [2.24, 2.45) is 5.92 Å². The van der Waals surface area contributed by atoms with Gasteiger partial charge in [0.15, 0.2) is 0 Å². The average Bonchev–Trinajstić information content (AvgIpc) is 3.10. The van der Waals surface area contributed by atoms with Crippen molar-refractivity contribution in [3.05, 3.63) is 29.3 Å². The zero-order valence-electron chi connectivity index (χ0n) is 11.0. The number of aromatic carboxylic acids is 1. The van der Waals surface area contributed by atoms with Crippen LogP contribution in [0.4, 0.5) is 14.5 Å². The summed E-state index contributed by atoms with van der Waals surface area (Å²) in [6.07, 6.45) is 2.17. The minimum atomic E-state index is -1.33. The third kappa shape index (κ3) is 3.03. The Hall–Kier alpha value is -1.65. The van der Waals surface area contributed by atoms with Crippen LogP contribution >= 0.6 is 0 Å². The summed E-state index contributed by atoms with van der Waals surface area (Å²) in [5.74, 6) is -2.47. The van der Waals surface area contributed by atoms with E-state index in [0.717, 1.165) is 25.0 Å². The van der Waals surface area contributed by atoms with E-state index in [-0.39, 0.29) is 17.3 Å². The van der Waals surface area contributed by atoms with E-state index < -0.39 is 17.6 Å². The lowest BCUT2D eigenvalue weighted by Crippen LogP contribution is -2.34. The van der Waals surface area contributed by atoms with Gasteiger partial charge in [-0.25, -0.2) is 13.6 Å². The molecular formula is C14H17F2NO2. The van der Waals surface area contributed by atoms with Crippen LogP contribution in [0, 0.1) is 17.6 Å². The second-order valence-corrected chi connectivity index (χ2v) is 5.28. The fourth-order valence-corrected chi connectivity index (χ4v) is 2.10. The predicted octanol–water partition coefficient (Wildman–Crippen LogP) is 3.29. The highest BCUT2D eigenvalue weighted by molar-refractivity contribution is 5.88. The maximum Gasteiger partial charge on any atom is 0.335 e. The Morgan fingerprint density at radius 1 is 1.37 bits per heavy atom. The quantitative estimate of drug-likeness (QED) is 0.891. The Kier molecular flexibility index (Phi) is 3.73. The van der Waals surface area contributed by atoms with Crippen LogP contribution in [-0.2, 0) is 0 Å². The average molecular weight is 269 g/mol. The van der Waals surface area contributed by atoms with Gasteiger partial charge >= 0.3 is 5.97 Å². The molecule has 19 heavy (non-hydrogen) atoms. The van der Waals surface area contributed by atoms with Crippen LogP contribution < -0.4 is 4.90 Å². The highest BCUT2D eigenvalue weighted by Gasteiger charge is 2.29. The van der Waals surface area contributed by atoms with Gasteiger partial charge in [-0.05, 0) is 44.7 Å². The summed E-state index contributed by atoms with van der Waals surface area (Å²) in [6, 6.07) is 1.71. The molecule has 1 aliphatic carbocycles. The van der Waals surface area contributed by atoms with E-state index in [1.165, 1.54) is 0 Å². The van der Waals surface area contributed by atoms with Crippen LogP contribution in [0.3, 0.4) is 0 Å². The first-order chi connectivity index (χ1) is 8.90. The molecule has 0 bridgehead atoms. The van der Waals surface area contributed by atoms with Gasteiger partial charge in [0.05, 0.1) is 5.56 Å². The summed E-state index contributed by atoms with van der Waals surface area (Å²) in [6.45, 7) is 4.34. The molecule has 0 amide bonds. The Labute approximate surface area is 110 Å². The number of hydrogen-bond acceptors (Lipinski definition) is 2. The highest BCUT2D eigenvalue weighted by Crippen LogP contribution is 2.34. The third-order valence-electron chi connectivity index (χ3n) is 3.33. The zero-order valence-corrected chi connectivity index (χ0v) is 11.0. The van der Waals surface area contributed by atoms with Crippen molar-refractivity contribution < 1.29 is 18.7 Å². The van der Waals surface area contributed by atoms with Crippen molar-refractivity contribution in [2.75, 3.05) is 11.4 Å². The van der Waals surface area contributed by atoms with E-state index in [4.69, 9.17) is 5.11 Å². The SMILES string of the molecule is CC(C)N(CC1CC1)c1c(F)cc(C(=O)O)cc1F. The monoisotopic (exact) mass is 269 g/mol. The molecular weight excluding hydrogens is 252 g/mol. The van der Waals surface area contributed by atoms with Crippen molar-refractivity contribution in [1.29, 1.82) is 0 Å². The summed E-state index contributed by atoms with van der Waals surface area (Å²) >= 11 is 0. The van der Waals surface area contributed by atoms with Gasteiger partial charge in [-0.2, -0.15) is 0 Å². The smallest absolute Gasteiger partial charge is 0.335 e. The maximum absolute atomic E-state index is 14.0.